The standard InChI is InChI=1S/C19H18BrN5O4/c1-11-13-7-12(8-22-18(13)25(2)24-11)19(28)29-10-17(27)21-9-16(26)23-15-6-4-3-5-14(15)20/h3-8H,9-10H2,1-2H3,(H,21,27)(H,23,26). The van der Waals surface area contributed by atoms with E-state index in [4.69, 9.17) is 4.74 Å². The number of rotatable bonds is 6. The van der Waals surface area contributed by atoms with Crippen LogP contribution in [0.15, 0.2) is 41.0 Å². The van der Waals surface area contributed by atoms with Gasteiger partial charge < -0.3 is 15.4 Å². The summed E-state index contributed by atoms with van der Waals surface area (Å²) in [5, 5.41) is 10.0. The number of esters is 1. The second-order valence-electron chi connectivity index (χ2n) is 6.19. The van der Waals surface area contributed by atoms with Gasteiger partial charge in [0.05, 0.1) is 23.5 Å². The molecule has 10 heteroatoms. The van der Waals surface area contributed by atoms with E-state index < -0.39 is 24.4 Å². The smallest absolute Gasteiger partial charge is 0.340 e. The first kappa shape index (κ1) is 20.5. The number of pyridine rings is 1. The second kappa shape index (κ2) is 8.82. The van der Waals surface area contributed by atoms with Gasteiger partial charge in [0.2, 0.25) is 5.91 Å². The number of aromatic nitrogens is 3. The van der Waals surface area contributed by atoms with Crippen LogP contribution in [0.3, 0.4) is 0 Å². The zero-order valence-corrected chi connectivity index (χ0v) is 17.3. The highest BCUT2D eigenvalue weighted by molar-refractivity contribution is 9.10. The quantitative estimate of drug-likeness (QED) is 0.544. The first-order valence-electron chi connectivity index (χ1n) is 8.62. The van der Waals surface area contributed by atoms with E-state index in [1.54, 1.807) is 36.0 Å². The van der Waals surface area contributed by atoms with Crippen molar-refractivity contribution in [3.05, 3.63) is 52.3 Å². The molecular weight excluding hydrogens is 442 g/mol. The summed E-state index contributed by atoms with van der Waals surface area (Å²) in [6.45, 7) is 1.05. The number of hydrogen-bond acceptors (Lipinski definition) is 6. The topological polar surface area (TPSA) is 115 Å². The number of hydrogen-bond donors (Lipinski definition) is 2. The summed E-state index contributed by atoms with van der Waals surface area (Å²) in [6.07, 6.45) is 1.37. The lowest BCUT2D eigenvalue weighted by Gasteiger charge is -2.09. The maximum atomic E-state index is 12.2. The Bertz CT molecular complexity index is 1100. The molecule has 9 nitrogen and oxygen atoms in total. The lowest BCUT2D eigenvalue weighted by molar-refractivity contribution is -0.126. The van der Waals surface area contributed by atoms with Crippen molar-refractivity contribution < 1.29 is 19.1 Å². The fraction of sp³-hybridized carbons (Fsp3) is 0.211. The third kappa shape index (κ3) is 4.96. The fourth-order valence-corrected chi connectivity index (χ4v) is 3.00. The summed E-state index contributed by atoms with van der Waals surface area (Å²) in [5.41, 5.74) is 2.19. The van der Waals surface area contributed by atoms with Crippen molar-refractivity contribution in [3.63, 3.8) is 0 Å². The Morgan fingerprint density at radius 1 is 1.21 bits per heavy atom. The van der Waals surface area contributed by atoms with Crippen LogP contribution < -0.4 is 10.6 Å². The summed E-state index contributed by atoms with van der Waals surface area (Å²) in [6, 6.07) is 8.72. The Kier molecular flexibility index (Phi) is 6.23. The number of carbonyl (C=O) groups excluding carboxylic acids is 3. The van der Waals surface area contributed by atoms with Gasteiger partial charge in [-0.2, -0.15) is 5.10 Å². The predicted octanol–water partition coefficient (Wildman–Crippen LogP) is 1.95. The van der Waals surface area contributed by atoms with Gasteiger partial charge in [-0.1, -0.05) is 12.1 Å². The predicted molar refractivity (Wildman–Crippen MR) is 109 cm³/mol. The molecule has 0 fully saturated rings. The van der Waals surface area contributed by atoms with Crippen LogP contribution in [0.2, 0.25) is 0 Å². The zero-order valence-electron chi connectivity index (χ0n) is 15.7. The van der Waals surface area contributed by atoms with Crippen molar-refractivity contribution >= 4 is 50.4 Å². The number of nitrogens with one attached hydrogen (secondary N) is 2. The molecule has 2 amide bonds. The van der Waals surface area contributed by atoms with E-state index in [1.807, 2.05) is 13.0 Å². The molecule has 3 rings (SSSR count). The van der Waals surface area contributed by atoms with Crippen LogP contribution in [0.1, 0.15) is 16.1 Å². The van der Waals surface area contributed by atoms with Gasteiger partial charge >= 0.3 is 5.97 Å². The van der Waals surface area contributed by atoms with Crippen LogP contribution in [-0.4, -0.2) is 45.7 Å². The van der Waals surface area contributed by atoms with Crippen LogP contribution in [0, 0.1) is 6.92 Å². The van der Waals surface area contributed by atoms with Crippen molar-refractivity contribution in [2.24, 2.45) is 7.05 Å². The first-order chi connectivity index (χ1) is 13.8. The Balaban J connectivity index is 1.49. The second-order valence-corrected chi connectivity index (χ2v) is 7.04. The highest BCUT2D eigenvalue weighted by Gasteiger charge is 2.15. The minimum Gasteiger partial charge on any atom is -0.452 e. The largest absolute Gasteiger partial charge is 0.452 e. The molecule has 0 saturated carbocycles. The van der Waals surface area contributed by atoms with E-state index in [0.29, 0.717) is 11.3 Å². The highest BCUT2D eigenvalue weighted by Crippen LogP contribution is 2.20. The van der Waals surface area contributed by atoms with Gasteiger partial charge in [-0.15, -0.1) is 0 Å². The number of ether oxygens (including phenoxy) is 1. The molecule has 0 spiro atoms. The Hall–Kier alpha value is -3.27. The normalized spacial score (nSPS) is 10.6. The SMILES string of the molecule is Cc1nn(C)c2ncc(C(=O)OCC(=O)NCC(=O)Nc3ccccc3Br)cc12. The maximum Gasteiger partial charge on any atom is 0.340 e. The van der Waals surface area contributed by atoms with E-state index in [9.17, 15) is 14.4 Å². The maximum absolute atomic E-state index is 12.2. The molecule has 0 aliphatic rings. The average molecular weight is 460 g/mol. The molecule has 29 heavy (non-hydrogen) atoms. The molecule has 2 aromatic heterocycles. The lowest BCUT2D eigenvalue weighted by Crippen LogP contribution is -2.35. The Morgan fingerprint density at radius 3 is 2.72 bits per heavy atom. The minimum absolute atomic E-state index is 0.216. The van der Waals surface area contributed by atoms with Gasteiger partial charge in [-0.05, 0) is 41.1 Å². The number of aryl methyl sites for hydroxylation is 2. The highest BCUT2D eigenvalue weighted by atomic mass is 79.9. The summed E-state index contributed by atoms with van der Waals surface area (Å²) < 4.78 is 7.34. The van der Waals surface area contributed by atoms with Crippen LogP contribution in [0.4, 0.5) is 5.69 Å². The fourth-order valence-electron chi connectivity index (χ4n) is 2.62. The molecular formula is C19H18BrN5O4. The van der Waals surface area contributed by atoms with Crippen molar-refractivity contribution in [2.75, 3.05) is 18.5 Å². The van der Waals surface area contributed by atoms with Gasteiger partial charge in [0.15, 0.2) is 12.3 Å². The van der Waals surface area contributed by atoms with Crippen molar-refractivity contribution in [2.45, 2.75) is 6.92 Å². The van der Waals surface area contributed by atoms with E-state index in [2.05, 4.69) is 36.6 Å². The third-order valence-corrected chi connectivity index (χ3v) is 4.72. The molecule has 0 aliphatic heterocycles. The molecule has 0 atom stereocenters. The summed E-state index contributed by atoms with van der Waals surface area (Å²) >= 11 is 3.32. The molecule has 0 unspecified atom stereocenters. The lowest BCUT2D eigenvalue weighted by atomic mass is 10.2. The minimum atomic E-state index is -0.685. The number of carbonyl (C=O) groups is 3. The number of fused-ring (bicyclic) bond motifs is 1. The molecule has 2 N–H and O–H groups in total. The average Bonchev–Trinajstić information content (AvgIpc) is 2.99. The summed E-state index contributed by atoms with van der Waals surface area (Å²) in [7, 11) is 1.76. The van der Waals surface area contributed by atoms with Gasteiger partial charge in [-0.3, -0.25) is 14.3 Å². The number of amides is 2. The number of anilines is 1. The first-order valence-corrected chi connectivity index (χ1v) is 9.42. The molecule has 0 radical (unpaired) electrons. The van der Waals surface area contributed by atoms with E-state index in [0.717, 1.165) is 15.6 Å². The van der Waals surface area contributed by atoms with Gasteiger partial charge in [0.1, 0.15) is 0 Å². The van der Waals surface area contributed by atoms with Crippen LogP contribution in [-0.2, 0) is 21.4 Å². The van der Waals surface area contributed by atoms with E-state index in [1.165, 1.54) is 6.20 Å². The zero-order chi connectivity index (χ0) is 21.0. The van der Waals surface area contributed by atoms with Crippen molar-refractivity contribution in [3.8, 4) is 0 Å². The van der Waals surface area contributed by atoms with Crippen molar-refractivity contribution in [1.29, 1.82) is 0 Å². The van der Waals surface area contributed by atoms with Crippen LogP contribution >= 0.6 is 15.9 Å². The van der Waals surface area contributed by atoms with Gasteiger partial charge in [0.25, 0.3) is 5.91 Å². The number of nitrogens with zero attached hydrogens (tertiary/aromatic N) is 3. The Morgan fingerprint density at radius 2 is 1.97 bits per heavy atom. The van der Waals surface area contributed by atoms with E-state index in [-0.39, 0.29) is 12.1 Å². The number of benzene rings is 1. The third-order valence-electron chi connectivity index (χ3n) is 4.03. The molecule has 3 aromatic rings. The monoisotopic (exact) mass is 459 g/mol. The molecule has 150 valence electrons. The van der Waals surface area contributed by atoms with Gasteiger partial charge in [0, 0.05) is 23.1 Å². The van der Waals surface area contributed by atoms with Crippen LogP contribution in [0.25, 0.3) is 11.0 Å². The summed E-state index contributed by atoms with van der Waals surface area (Å²) in [5.74, 6) is -1.68. The summed E-state index contributed by atoms with van der Waals surface area (Å²) in [4.78, 5) is 40.2. The Labute approximate surface area is 174 Å². The number of halogens is 1. The molecule has 1 aromatic carbocycles. The molecule has 0 bridgehead atoms. The van der Waals surface area contributed by atoms with Gasteiger partial charge in [-0.25, -0.2) is 9.78 Å². The van der Waals surface area contributed by atoms with Crippen molar-refractivity contribution in [1.82, 2.24) is 20.1 Å². The van der Waals surface area contributed by atoms with E-state index >= 15 is 0 Å². The molecule has 2 heterocycles. The van der Waals surface area contributed by atoms with Crippen LogP contribution in [0.5, 0.6) is 0 Å². The molecule has 0 aliphatic carbocycles. The number of para-hydroxylation sites is 1. The molecule has 0 saturated heterocycles.